The van der Waals surface area contributed by atoms with Gasteiger partial charge in [-0.2, -0.15) is 0 Å². The summed E-state index contributed by atoms with van der Waals surface area (Å²) in [5.41, 5.74) is 2.47. The van der Waals surface area contributed by atoms with Gasteiger partial charge >= 0.3 is 0 Å². The van der Waals surface area contributed by atoms with Gasteiger partial charge in [-0.25, -0.2) is 12.7 Å². The maximum Gasteiger partial charge on any atom is 0.255 e. The molecule has 0 saturated heterocycles. The van der Waals surface area contributed by atoms with Crippen molar-refractivity contribution in [2.24, 2.45) is 0 Å². The Morgan fingerprint density at radius 1 is 0.926 bits per heavy atom. The largest absolute Gasteiger partial charge is 0.322 e. The number of rotatable bonds is 5. The summed E-state index contributed by atoms with van der Waals surface area (Å²) >= 11 is 0. The summed E-state index contributed by atoms with van der Waals surface area (Å²) in [6.45, 7) is 0. The topological polar surface area (TPSA) is 66.5 Å². The Kier molecular flexibility index (Phi) is 5.97. The van der Waals surface area contributed by atoms with Gasteiger partial charge in [-0.05, 0) is 60.7 Å². The smallest absolute Gasteiger partial charge is 0.255 e. The van der Waals surface area contributed by atoms with Gasteiger partial charge in [0.05, 0.1) is 4.90 Å². The minimum Gasteiger partial charge on any atom is -0.322 e. The van der Waals surface area contributed by atoms with Crippen molar-refractivity contribution < 1.29 is 13.2 Å². The molecule has 144 valence electrons. The standard InChI is InChI=1S/C21H26N2O3S/c1-23(2)27(25,26)20-14-12-19(13-15-20)22-21(24)18-10-8-17(9-11-18)16-6-4-3-5-7-16/h8-16H,3-7H2,1-2H3,(H,22,24). The quantitative estimate of drug-likeness (QED) is 0.836. The van der Waals surface area contributed by atoms with Crippen LogP contribution in [0.4, 0.5) is 5.69 Å². The van der Waals surface area contributed by atoms with Crippen LogP contribution < -0.4 is 5.32 Å². The Bertz CT molecular complexity index is 882. The van der Waals surface area contributed by atoms with E-state index in [1.807, 2.05) is 12.1 Å². The predicted molar refractivity (Wildman–Crippen MR) is 108 cm³/mol. The molecule has 0 spiro atoms. The molecular weight excluding hydrogens is 360 g/mol. The van der Waals surface area contributed by atoms with Crippen LogP contribution in [0.2, 0.25) is 0 Å². The Labute approximate surface area is 161 Å². The highest BCUT2D eigenvalue weighted by molar-refractivity contribution is 7.89. The average Bonchev–Trinajstić information content (AvgIpc) is 2.69. The lowest BCUT2D eigenvalue weighted by Gasteiger charge is -2.22. The van der Waals surface area contributed by atoms with Gasteiger partial charge in [-0.15, -0.1) is 0 Å². The number of amides is 1. The highest BCUT2D eigenvalue weighted by atomic mass is 32.2. The molecule has 1 aliphatic rings. The van der Waals surface area contributed by atoms with Gasteiger partial charge in [0.25, 0.3) is 5.91 Å². The van der Waals surface area contributed by atoms with E-state index >= 15 is 0 Å². The number of hydrogen-bond acceptors (Lipinski definition) is 3. The van der Waals surface area contributed by atoms with Crippen molar-refractivity contribution in [1.82, 2.24) is 4.31 Å². The van der Waals surface area contributed by atoms with Gasteiger partial charge < -0.3 is 5.32 Å². The first-order chi connectivity index (χ1) is 12.9. The van der Waals surface area contributed by atoms with Crippen LogP contribution in [0.5, 0.6) is 0 Å². The molecule has 1 amide bonds. The molecule has 1 aliphatic carbocycles. The molecule has 0 atom stereocenters. The summed E-state index contributed by atoms with van der Waals surface area (Å²) in [6, 6.07) is 14.0. The predicted octanol–water partition coefficient (Wildman–Crippen LogP) is 4.24. The fourth-order valence-electron chi connectivity index (χ4n) is 3.47. The first-order valence-corrected chi connectivity index (χ1v) is 10.8. The van der Waals surface area contributed by atoms with Gasteiger partial charge in [-0.3, -0.25) is 4.79 Å². The van der Waals surface area contributed by atoms with Gasteiger partial charge in [-0.1, -0.05) is 31.4 Å². The number of hydrogen-bond donors (Lipinski definition) is 1. The van der Waals surface area contributed by atoms with Gasteiger partial charge in [0, 0.05) is 25.3 Å². The molecule has 0 aromatic heterocycles. The van der Waals surface area contributed by atoms with Crippen LogP contribution in [0.25, 0.3) is 0 Å². The van der Waals surface area contributed by atoms with Crippen molar-refractivity contribution in [3.05, 3.63) is 59.7 Å². The number of anilines is 1. The number of carbonyl (C=O) groups excluding carboxylic acids is 1. The van der Waals surface area contributed by atoms with E-state index in [9.17, 15) is 13.2 Å². The highest BCUT2D eigenvalue weighted by Crippen LogP contribution is 2.32. The fourth-order valence-corrected chi connectivity index (χ4v) is 4.37. The summed E-state index contributed by atoms with van der Waals surface area (Å²) in [5, 5.41) is 2.82. The normalized spacial score (nSPS) is 15.7. The Balaban J connectivity index is 1.66. The van der Waals surface area contributed by atoms with E-state index in [-0.39, 0.29) is 10.8 Å². The van der Waals surface area contributed by atoms with Gasteiger partial charge in [0.15, 0.2) is 0 Å². The molecule has 0 aliphatic heterocycles. The molecule has 2 aromatic carbocycles. The second-order valence-corrected chi connectivity index (χ2v) is 9.37. The van der Waals surface area contributed by atoms with Gasteiger partial charge in [0.1, 0.15) is 0 Å². The third kappa shape index (κ3) is 4.57. The molecule has 0 heterocycles. The molecule has 27 heavy (non-hydrogen) atoms. The Morgan fingerprint density at radius 3 is 2.07 bits per heavy atom. The van der Waals surface area contributed by atoms with Crippen LogP contribution in [-0.4, -0.2) is 32.7 Å². The molecule has 3 rings (SSSR count). The van der Waals surface area contributed by atoms with Crippen molar-refractivity contribution in [3.8, 4) is 0 Å². The summed E-state index contributed by atoms with van der Waals surface area (Å²) in [6.07, 6.45) is 6.35. The molecule has 6 heteroatoms. The molecule has 1 saturated carbocycles. The zero-order chi connectivity index (χ0) is 19.4. The maximum absolute atomic E-state index is 12.5. The second-order valence-electron chi connectivity index (χ2n) is 7.22. The van der Waals surface area contributed by atoms with E-state index in [1.165, 1.54) is 63.9 Å². The van der Waals surface area contributed by atoms with Crippen LogP contribution in [-0.2, 0) is 10.0 Å². The average molecular weight is 387 g/mol. The van der Waals surface area contributed by atoms with Gasteiger partial charge in [0.2, 0.25) is 10.0 Å². The van der Waals surface area contributed by atoms with E-state index in [0.717, 1.165) is 4.31 Å². The first-order valence-electron chi connectivity index (χ1n) is 9.32. The van der Waals surface area contributed by atoms with E-state index in [1.54, 1.807) is 12.1 Å². The van der Waals surface area contributed by atoms with E-state index in [2.05, 4.69) is 17.4 Å². The maximum atomic E-state index is 12.5. The van der Waals surface area contributed by atoms with Crippen molar-refractivity contribution in [2.75, 3.05) is 19.4 Å². The van der Waals surface area contributed by atoms with E-state index < -0.39 is 10.0 Å². The fraction of sp³-hybridized carbons (Fsp3) is 0.381. The molecule has 0 bridgehead atoms. The molecule has 1 N–H and O–H groups in total. The Hall–Kier alpha value is -2.18. The second kappa shape index (κ2) is 8.23. The van der Waals surface area contributed by atoms with Crippen molar-refractivity contribution >= 4 is 21.6 Å². The summed E-state index contributed by atoms with van der Waals surface area (Å²) in [4.78, 5) is 12.7. The van der Waals surface area contributed by atoms with E-state index in [4.69, 9.17) is 0 Å². The number of benzene rings is 2. The van der Waals surface area contributed by atoms with Crippen LogP contribution in [0.15, 0.2) is 53.4 Å². The molecule has 1 fully saturated rings. The van der Waals surface area contributed by atoms with Crippen LogP contribution in [0, 0.1) is 0 Å². The summed E-state index contributed by atoms with van der Waals surface area (Å²) in [7, 11) is -0.493. The lowest BCUT2D eigenvalue weighted by molar-refractivity contribution is 0.102. The minimum atomic E-state index is -3.47. The summed E-state index contributed by atoms with van der Waals surface area (Å²) < 4.78 is 25.3. The van der Waals surface area contributed by atoms with Crippen LogP contribution in [0.3, 0.4) is 0 Å². The molecule has 0 radical (unpaired) electrons. The third-order valence-electron chi connectivity index (χ3n) is 5.14. The first kappa shape index (κ1) is 19.6. The molecule has 0 unspecified atom stereocenters. The monoisotopic (exact) mass is 386 g/mol. The van der Waals surface area contributed by atoms with Crippen LogP contribution >= 0.6 is 0 Å². The zero-order valence-electron chi connectivity index (χ0n) is 15.8. The number of carbonyl (C=O) groups is 1. The van der Waals surface area contributed by atoms with Crippen molar-refractivity contribution in [2.45, 2.75) is 42.9 Å². The zero-order valence-corrected chi connectivity index (χ0v) is 16.6. The highest BCUT2D eigenvalue weighted by Gasteiger charge is 2.18. The van der Waals surface area contributed by atoms with E-state index in [0.29, 0.717) is 17.2 Å². The third-order valence-corrected chi connectivity index (χ3v) is 6.97. The van der Waals surface area contributed by atoms with Crippen molar-refractivity contribution in [3.63, 3.8) is 0 Å². The molecular formula is C21H26N2O3S. The number of nitrogens with one attached hydrogen (secondary N) is 1. The lowest BCUT2D eigenvalue weighted by Crippen LogP contribution is -2.22. The Morgan fingerprint density at radius 2 is 1.52 bits per heavy atom. The molecule has 2 aromatic rings. The summed E-state index contributed by atoms with van der Waals surface area (Å²) in [5.74, 6) is 0.412. The molecule has 5 nitrogen and oxygen atoms in total. The minimum absolute atomic E-state index is 0.197. The SMILES string of the molecule is CN(C)S(=O)(=O)c1ccc(NC(=O)c2ccc(C3CCCCC3)cc2)cc1. The lowest BCUT2D eigenvalue weighted by atomic mass is 9.84. The van der Waals surface area contributed by atoms with Crippen molar-refractivity contribution in [1.29, 1.82) is 0 Å². The number of sulfonamides is 1. The van der Waals surface area contributed by atoms with Crippen LogP contribution in [0.1, 0.15) is 53.9 Å². The number of nitrogens with zero attached hydrogens (tertiary/aromatic N) is 1.